The molecule has 0 unspecified atom stereocenters. The fraction of sp³-hybridized carbons (Fsp3) is 0.420. The molecule has 1 aromatic heterocycles. The van der Waals surface area contributed by atoms with Gasteiger partial charge in [-0.25, -0.2) is 9.97 Å². The number of ether oxygens (including phenoxy) is 4. The Hall–Kier alpha value is -6.33. The molecule has 0 fully saturated rings. The first kappa shape index (κ1) is 49.1. The highest BCUT2D eigenvalue weighted by Gasteiger charge is 2.50. The van der Waals surface area contributed by atoms with Crippen LogP contribution in [-0.2, 0) is 36.8 Å². The third kappa shape index (κ3) is 9.92. The first-order valence-corrected chi connectivity index (χ1v) is 21.9. The molecule has 7 N–H and O–H groups in total. The van der Waals surface area contributed by atoms with Crippen molar-refractivity contribution in [3.8, 4) is 34.4 Å². The molecule has 0 radical (unpaired) electrons. The maximum atomic E-state index is 14.5. The van der Waals surface area contributed by atoms with Crippen molar-refractivity contribution in [3.63, 3.8) is 0 Å². The van der Waals surface area contributed by atoms with Gasteiger partial charge >= 0.3 is 11.8 Å². The van der Waals surface area contributed by atoms with Crippen LogP contribution in [-0.4, -0.2) is 97.0 Å². The standard InChI is InChI=1S/C50H60N4O12/c1-25-12-10-13-26(2)49(62)54-39-34(18-22-51-24-32-14-16-33(17-15-32)48-52-20-11-21-53-48)43(59)36-37(44(39)60)42(58)30(6)46-38(36)47(61)50(8,66-46)64-23-19-35(63-9)27(3)45(65-31(7)55)29(5)41(57)28(4)40(25)56/h10-17,19-21,23,25,27-29,35,40-41,45,51,56-60H,18,22,24H2,1-9H3,(H,54,62)/t25-,27+,28+,29+,35-,40-,41+,45+,50-/m0/s1. The molecule has 16 heteroatoms. The molecule has 0 saturated heterocycles. The van der Waals surface area contributed by atoms with Crippen LogP contribution in [0.15, 0.2) is 78.9 Å². The number of phenols is 3. The summed E-state index contributed by atoms with van der Waals surface area (Å²) in [5.41, 5.74) is 1.76. The summed E-state index contributed by atoms with van der Waals surface area (Å²) in [6.07, 6.45) is 6.95. The first-order valence-electron chi connectivity index (χ1n) is 21.9. The van der Waals surface area contributed by atoms with Crippen LogP contribution in [0.25, 0.3) is 22.2 Å². The molecule has 3 aliphatic heterocycles. The first-order chi connectivity index (χ1) is 31.3. The maximum absolute atomic E-state index is 14.5. The molecular formula is C50H60N4O12. The van der Waals surface area contributed by atoms with E-state index in [1.54, 1.807) is 58.3 Å². The van der Waals surface area contributed by atoms with Gasteiger partial charge in [-0.15, -0.1) is 0 Å². The topological polar surface area (TPSA) is 239 Å². The summed E-state index contributed by atoms with van der Waals surface area (Å²) in [6, 6.07) is 9.41. The van der Waals surface area contributed by atoms with Gasteiger partial charge in [0.15, 0.2) is 11.6 Å². The van der Waals surface area contributed by atoms with E-state index in [9.17, 15) is 39.9 Å². The number of aliphatic hydroxyl groups excluding tert-OH is 2. The zero-order valence-corrected chi connectivity index (χ0v) is 38.7. The predicted octanol–water partition coefficient (Wildman–Crippen LogP) is 6.54. The number of Topliss-reactive ketones (excluding diaryl/α,β-unsaturated/α-hetero) is 1. The summed E-state index contributed by atoms with van der Waals surface area (Å²) in [5.74, 6) is -7.61. The number of hydrogen-bond donors (Lipinski definition) is 7. The van der Waals surface area contributed by atoms with E-state index < -0.39 is 88.8 Å². The van der Waals surface area contributed by atoms with Crippen LogP contribution in [0.1, 0.15) is 75.5 Å². The average Bonchev–Trinajstić information content (AvgIpc) is 3.57. The summed E-state index contributed by atoms with van der Waals surface area (Å²) in [7, 11) is 1.44. The average molecular weight is 909 g/mol. The molecule has 7 rings (SSSR count). The smallest absolute Gasteiger partial charge is 0.312 e. The molecule has 16 nitrogen and oxygen atoms in total. The molecule has 3 aliphatic rings. The molecule has 0 saturated carbocycles. The second-order valence-corrected chi connectivity index (χ2v) is 17.4. The van der Waals surface area contributed by atoms with E-state index in [1.165, 1.54) is 53.2 Å². The minimum atomic E-state index is -2.05. The number of fused-ring (bicyclic) bond motifs is 14. The number of nitrogens with zero attached hydrogens (tertiary/aromatic N) is 2. The zero-order chi connectivity index (χ0) is 48.2. The van der Waals surface area contributed by atoms with Crippen molar-refractivity contribution in [2.24, 2.45) is 23.7 Å². The van der Waals surface area contributed by atoms with Crippen LogP contribution in [0.3, 0.4) is 0 Å². The van der Waals surface area contributed by atoms with Crippen LogP contribution in [0.2, 0.25) is 0 Å². The highest BCUT2D eigenvalue weighted by Crippen LogP contribution is 2.55. The number of aromatic nitrogens is 2. The van der Waals surface area contributed by atoms with E-state index in [1.807, 2.05) is 24.3 Å². The summed E-state index contributed by atoms with van der Waals surface area (Å²) in [5, 5.41) is 64.5. The van der Waals surface area contributed by atoms with E-state index in [0.717, 1.165) is 11.1 Å². The molecular weight excluding hydrogens is 849 g/mol. The quantitative estimate of drug-likeness (QED) is 0.0430. The third-order valence-corrected chi connectivity index (χ3v) is 12.8. The van der Waals surface area contributed by atoms with E-state index in [2.05, 4.69) is 20.6 Å². The van der Waals surface area contributed by atoms with E-state index in [4.69, 9.17) is 18.9 Å². The Balaban J connectivity index is 1.42. The number of aromatic hydroxyl groups is 3. The van der Waals surface area contributed by atoms with Crippen molar-refractivity contribution in [2.45, 2.75) is 98.6 Å². The Morgan fingerprint density at radius 2 is 1.59 bits per heavy atom. The minimum Gasteiger partial charge on any atom is -0.507 e. The Labute approximate surface area is 384 Å². The van der Waals surface area contributed by atoms with Crippen LogP contribution in [0.4, 0.5) is 5.69 Å². The second kappa shape index (κ2) is 20.5. The summed E-state index contributed by atoms with van der Waals surface area (Å²) in [4.78, 5) is 49.4. The number of carbonyl (C=O) groups excluding carboxylic acids is 3. The van der Waals surface area contributed by atoms with Gasteiger partial charge in [-0.05, 0) is 44.5 Å². The van der Waals surface area contributed by atoms with Crippen molar-refractivity contribution in [2.75, 3.05) is 19.0 Å². The number of hydrogen-bond acceptors (Lipinski definition) is 15. The fourth-order valence-corrected chi connectivity index (χ4v) is 8.70. The normalized spacial score (nSPS) is 26.2. The van der Waals surface area contributed by atoms with Gasteiger partial charge in [-0.1, -0.05) is 70.2 Å². The molecule has 5 bridgehead atoms. The van der Waals surface area contributed by atoms with Gasteiger partial charge in [0.25, 0.3) is 11.7 Å². The number of aliphatic hydroxyl groups is 2. The minimum absolute atomic E-state index is 0.0293. The SMILES string of the molecule is CO[C@H]1C=CO[C@@]2(C)Oc3c(C)c(O)c4c(O)c(c(CCNCc5ccc(-c6ncccn6)cc5)c(O)c4c3C2=O)NC(=O)C(C)=CC=C[C@H](C)[C@H](O)[C@@H](C)[C@@H](O)[C@@H](C)[C@H](OC(C)=O)[C@@H]1C. The summed E-state index contributed by atoms with van der Waals surface area (Å²) >= 11 is 0. The van der Waals surface area contributed by atoms with Crippen LogP contribution < -0.4 is 15.4 Å². The monoisotopic (exact) mass is 908 g/mol. The van der Waals surface area contributed by atoms with Gasteiger partial charge in [0.2, 0.25) is 0 Å². The molecule has 3 aromatic carbocycles. The van der Waals surface area contributed by atoms with Crippen molar-refractivity contribution in [3.05, 3.63) is 101 Å². The Morgan fingerprint density at radius 3 is 2.24 bits per heavy atom. The highest BCUT2D eigenvalue weighted by atomic mass is 16.7. The van der Waals surface area contributed by atoms with Crippen LogP contribution in [0.5, 0.6) is 23.0 Å². The Bertz CT molecular complexity index is 2540. The maximum Gasteiger partial charge on any atom is 0.312 e. The number of rotatable bonds is 8. The van der Waals surface area contributed by atoms with Crippen LogP contribution >= 0.6 is 0 Å². The van der Waals surface area contributed by atoms with Crippen molar-refractivity contribution in [1.82, 2.24) is 15.3 Å². The number of esters is 1. The molecule has 9 atom stereocenters. The number of amides is 1. The van der Waals surface area contributed by atoms with Crippen LogP contribution in [0, 0.1) is 30.6 Å². The Morgan fingerprint density at radius 1 is 0.909 bits per heavy atom. The molecule has 0 spiro atoms. The highest BCUT2D eigenvalue weighted by molar-refractivity contribution is 6.22. The number of ketones is 1. The number of phenolic OH excluding ortho intramolecular Hbond substituents is 3. The zero-order valence-electron chi connectivity index (χ0n) is 38.7. The summed E-state index contributed by atoms with van der Waals surface area (Å²) in [6.45, 7) is 13.2. The lowest BCUT2D eigenvalue weighted by molar-refractivity contribution is -0.160. The summed E-state index contributed by atoms with van der Waals surface area (Å²) < 4.78 is 23.7. The lowest BCUT2D eigenvalue weighted by Crippen LogP contribution is -2.46. The molecule has 66 heavy (non-hydrogen) atoms. The number of nitrogens with one attached hydrogen (secondary N) is 2. The van der Waals surface area contributed by atoms with Crippen molar-refractivity contribution >= 4 is 34.1 Å². The number of anilines is 1. The van der Waals surface area contributed by atoms with E-state index in [0.29, 0.717) is 12.4 Å². The number of benzene rings is 3. The molecule has 352 valence electrons. The number of allylic oxidation sites excluding steroid dienone is 2. The van der Waals surface area contributed by atoms with Gasteiger partial charge < -0.3 is 55.1 Å². The molecule has 1 amide bonds. The van der Waals surface area contributed by atoms with E-state index in [-0.39, 0.29) is 57.4 Å². The van der Waals surface area contributed by atoms with Crippen molar-refractivity contribution < 1.29 is 58.9 Å². The van der Waals surface area contributed by atoms with Gasteiger partial charge in [0.05, 0.1) is 41.2 Å². The van der Waals surface area contributed by atoms with Crippen molar-refractivity contribution in [1.29, 1.82) is 0 Å². The van der Waals surface area contributed by atoms with Gasteiger partial charge in [0.1, 0.15) is 23.4 Å². The lowest BCUT2D eigenvalue weighted by Gasteiger charge is -2.38. The molecule has 4 heterocycles. The largest absolute Gasteiger partial charge is 0.507 e. The molecule has 0 aliphatic carbocycles. The van der Waals surface area contributed by atoms with Gasteiger partial charge in [-0.2, -0.15) is 0 Å². The fourth-order valence-electron chi connectivity index (χ4n) is 8.70. The van der Waals surface area contributed by atoms with E-state index >= 15 is 0 Å². The number of methoxy groups -OCH3 is 1. The second-order valence-electron chi connectivity index (χ2n) is 17.4. The Kier molecular flexibility index (Phi) is 15.2. The molecule has 4 aromatic rings. The number of carbonyl (C=O) groups is 3. The van der Waals surface area contributed by atoms with Gasteiger partial charge in [-0.3, -0.25) is 14.4 Å². The van der Waals surface area contributed by atoms with Gasteiger partial charge in [0, 0.05) is 91.2 Å². The third-order valence-electron chi connectivity index (χ3n) is 12.8. The predicted molar refractivity (Wildman–Crippen MR) is 247 cm³/mol. The lowest BCUT2D eigenvalue weighted by atomic mass is 9.78.